The molecule has 1 aliphatic rings. The molecule has 0 fully saturated rings. The lowest BCUT2D eigenvalue weighted by Gasteiger charge is -2.13. The predicted octanol–water partition coefficient (Wildman–Crippen LogP) is 3.52. The SMILES string of the molecule is O=C(C[C@@H]1NC(=O)c2ccccc21)Nc1cccc(C(F)(F)F)c1. The van der Waals surface area contributed by atoms with Crippen LogP contribution in [0.15, 0.2) is 48.5 Å². The van der Waals surface area contributed by atoms with E-state index in [2.05, 4.69) is 10.6 Å². The van der Waals surface area contributed by atoms with Gasteiger partial charge in [0.25, 0.3) is 5.91 Å². The zero-order chi connectivity index (χ0) is 17.3. The number of nitrogens with one attached hydrogen (secondary N) is 2. The van der Waals surface area contributed by atoms with Crippen LogP contribution in [0, 0.1) is 0 Å². The van der Waals surface area contributed by atoms with E-state index < -0.39 is 23.7 Å². The number of carbonyl (C=O) groups excluding carboxylic acids is 2. The highest BCUT2D eigenvalue weighted by molar-refractivity contribution is 6.00. The first kappa shape index (κ1) is 16.0. The summed E-state index contributed by atoms with van der Waals surface area (Å²) >= 11 is 0. The predicted molar refractivity (Wildman–Crippen MR) is 81.3 cm³/mol. The Morgan fingerprint density at radius 2 is 1.88 bits per heavy atom. The monoisotopic (exact) mass is 334 g/mol. The number of anilines is 1. The zero-order valence-corrected chi connectivity index (χ0v) is 12.4. The lowest BCUT2D eigenvalue weighted by Crippen LogP contribution is -2.24. The average Bonchev–Trinajstić information content (AvgIpc) is 2.83. The van der Waals surface area contributed by atoms with Crippen molar-refractivity contribution in [3.8, 4) is 0 Å². The molecule has 0 saturated carbocycles. The van der Waals surface area contributed by atoms with Crippen molar-refractivity contribution in [1.29, 1.82) is 0 Å². The Balaban J connectivity index is 1.70. The first-order valence-electron chi connectivity index (χ1n) is 7.21. The highest BCUT2D eigenvalue weighted by Crippen LogP contribution is 2.31. The Kier molecular flexibility index (Phi) is 4.01. The summed E-state index contributed by atoms with van der Waals surface area (Å²) < 4.78 is 38.0. The van der Waals surface area contributed by atoms with E-state index in [1.807, 2.05) is 0 Å². The molecule has 4 nitrogen and oxygen atoms in total. The lowest BCUT2D eigenvalue weighted by molar-refractivity contribution is -0.137. The van der Waals surface area contributed by atoms with Crippen LogP contribution < -0.4 is 10.6 Å². The molecule has 0 spiro atoms. The molecule has 124 valence electrons. The number of hydrogen-bond donors (Lipinski definition) is 2. The maximum atomic E-state index is 12.7. The molecule has 3 rings (SSSR count). The number of halogens is 3. The van der Waals surface area contributed by atoms with Gasteiger partial charge in [0, 0.05) is 11.3 Å². The number of alkyl halides is 3. The van der Waals surface area contributed by atoms with Crippen LogP contribution in [0.2, 0.25) is 0 Å². The van der Waals surface area contributed by atoms with Gasteiger partial charge in [0.1, 0.15) is 0 Å². The Bertz CT molecular complexity index is 802. The molecule has 2 aromatic carbocycles. The van der Waals surface area contributed by atoms with E-state index in [1.54, 1.807) is 24.3 Å². The molecule has 0 bridgehead atoms. The standard InChI is InChI=1S/C17H13F3N2O2/c18-17(19,20)10-4-3-5-11(8-10)21-15(23)9-14-12-6-1-2-7-13(12)16(24)22-14/h1-8,14H,9H2,(H,21,23)(H,22,24)/t14-/m0/s1. The minimum Gasteiger partial charge on any atom is -0.345 e. The van der Waals surface area contributed by atoms with Gasteiger partial charge in [-0.3, -0.25) is 9.59 Å². The first-order valence-corrected chi connectivity index (χ1v) is 7.21. The Morgan fingerprint density at radius 1 is 1.12 bits per heavy atom. The Hall–Kier alpha value is -2.83. The lowest BCUT2D eigenvalue weighted by atomic mass is 10.0. The number of carbonyl (C=O) groups is 2. The third-order valence-electron chi connectivity index (χ3n) is 3.75. The van der Waals surface area contributed by atoms with Crippen molar-refractivity contribution in [2.45, 2.75) is 18.6 Å². The van der Waals surface area contributed by atoms with Crippen LogP contribution in [0.4, 0.5) is 18.9 Å². The highest BCUT2D eigenvalue weighted by Gasteiger charge is 2.31. The Morgan fingerprint density at radius 3 is 2.62 bits per heavy atom. The van der Waals surface area contributed by atoms with Crippen LogP contribution in [0.25, 0.3) is 0 Å². The van der Waals surface area contributed by atoms with Crippen molar-refractivity contribution in [3.05, 3.63) is 65.2 Å². The van der Waals surface area contributed by atoms with Crippen molar-refractivity contribution >= 4 is 17.5 Å². The molecular weight excluding hydrogens is 321 g/mol. The van der Waals surface area contributed by atoms with Crippen molar-refractivity contribution in [2.75, 3.05) is 5.32 Å². The summed E-state index contributed by atoms with van der Waals surface area (Å²) in [7, 11) is 0. The van der Waals surface area contributed by atoms with Crippen LogP contribution in [0.1, 0.15) is 33.9 Å². The van der Waals surface area contributed by atoms with Gasteiger partial charge in [0.2, 0.25) is 5.91 Å². The fourth-order valence-corrected chi connectivity index (χ4v) is 2.65. The number of rotatable bonds is 3. The molecule has 7 heteroatoms. The van der Waals surface area contributed by atoms with Gasteiger partial charge >= 0.3 is 6.18 Å². The van der Waals surface area contributed by atoms with Crippen LogP contribution >= 0.6 is 0 Å². The number of fused-ring (bicyclic) bond motifs is 1. The van der Waals surface area contributed by atoms with Crippen molar-refractivity contribution in [2.24, 2.45) is 0 Å². The summed E-state index contributed by atoms with van der Waals surface area (Å²) in [5.74, 6) is -0.737. The molecule has 1 aliphatic heterocycles. The van der Waals surface area contributed by atoms with Crippen molar-refractivity contribution in [1.82, 2.24) is 5.32 Å². The molecule has 2 amide bonds. The fraction of sp³-hybridized carbons (Fsp3) is 0.176. The highest BCUT2D eigenvalue weighted by atomic mass is 19.4. The van der Waals surface area contributed by atoms with E-state index in [0.29, 0.717) is 11.1 Å². The molecule has 2 aromatic rings. The minimum absolute atomic E-state index is 0.0565. The second-order valence-corrected chi connectivity index (χ2v) is 5.44. The van der Waals surface area contributed by atoms with Gasteiger partial charge in [-0.1, -0.05) is 24.3 Å². The van der Waals surface area contributed by atoms with Gasteiger partial charge in [-0.15, -0.1) is 0 Å². The van der Waals surface area contributed by atoms with E-state index in [4.69, 9.17) is 0 Å². The van der Waals surface area contributed by atoms with E-state index in [0.717, 1.165) is 12.1 Å². The quantitative estimate of drug-likeness (QED) is 0.902. The molecule has 1 atom stereocenters. The number of hydrogen-bond acceptors (Lipinski definition) is 2. The largest absolute Gasteiger partial charge is 0.416 e. The summed E-state index contributed by atoms with van der Waals surface area (Å²) in [5, 5.41) is 5.13. The van der Waals surface area contributed by atoms with Crippen LogP contribution in [0.3, 0.4) is 0 Å². The molecule has 2 N–H and O–H groups in total. The van der Waals surface area contributed by atoms with Crippen LogP contribution in [0.5, 0.6) is 0 Å². The maximum absolute atomic E-state index is 12.7. The Labute approximate surface area is 135 Å². The summed E-state index contributed by atoms with van der Waals surface area (Å²) in [6, 6.07) is 10.8. The van der Waals surface area contributed by atoms with Gasteiger partial charge < -0.3 is 10.6 Å². The summed E-state index contributed by atoms with van der Waals surface area (Å²) in [4.78, 5) is 23.9. The number of benzene rings is 2. The normalized spacial score (nSPS) is 16.5. The van der Waals surface area contributed by atoms with E-state index in [9.17, 15) is 22.8 Å². The number of amides is 2. The van der Waals surface area contributed by atoms with E-state index >= 15 is 0 Å². The second kappa shape index (κ2) is 5.99. The molecule has 1 heterocycles. The fourth-order valence-electron chi connectivity index (χ4n) is 2.65. The topological polar surface area (TPSA) is 58.2 Å². The third kappa shape index (κ3) is 3.24. The molecule has 24 heavy (non-hydrogen) atoms. The van der Waals surface area contributed by atoms with Gasteiger partial charge in [-0.25, -0.2) is 0 Å². The van der Waals surface area contributed by atoms with E-state index in [-0.39, 0.29) is 18.0 Å². The smallest absolute Gasteiger partial charge is 0.345 e. The maximum Gasteiger partial charge on any atom is 0.416 e. The minimum atomic E-state index is -4.47. The van der Waals surface area contributed by atoms with Gasteiger partial charge in [-0.2, -0.15) is 13.2 Å². The van der Waals surface area contributed by atoms with E-state index in [1.165, 1.54) is 12.1 Å². The van der Waals surface area contributed by atoms with Crippen LogP contribution in [-0.4, -0.2) is 11.8 Å². The van der Waals surface area contributed by atoms with Gasteiger partial charge in [0.15, 0.2) is 0 Å². The molecule has 0 saturated heterocycles. The van der Waals surface area contributed by atoms with Crippen LogP contribution in [-0.2, 0) is 11.0 Å². The third-order valence-corrected chi connectivity index (χ3v) is 3.75. The molecule has 0 aliphatic carbocycles. The summed E-state index contributed by atoms with van der Waals surface area (Å²) in [6.07, 6.45) is -4.53. The zero-order valence-electron chi connectivity index (χ0n) is 12.4. The molecular formula is C17H13F3N2O2. The van der Waals surface area contributed by atoms with Gasteiger partial charge in [-0.05, 0) is 29.8 Å². The molecule has 0 radical (unpaired) electrons. The average molecular weight is 334 g/mol. The first-order chi connectivity index (χ1) is 11.3. The molecule has 0 unspecified atom stereocenters. The second-order valence-electron chi connectivity index (χ2n) is 5.44. The van der Waals surface area contributed by atoms with Gasteiger partial charge in [0.05, 0.1) is 18.0 Å². The van der Waals surface area contributed by atoms with Crippen molar-refractivity contribution in [3.63, 3.8) is 0 Å². The van der Waals surface area contributed by atoms with Crippen molar-refractivity contribution < 1.29 is 22.8 Å². The summed E-state index contributed by atoms with van der Waals surface area (Å²) in [6.45, 7) is 0. The summed E-state index contributed by atoms with van der Waals surface area (Å²) in [5.41, 5.74) is 0.448. The molecule has 0 aromatic heterocycles.